The van der Waals surface area contributed by atoms with Crippen molar-refractivity contribution in [2.45, 2.75) is 51.4 Å². The number of aliphatic hydroxyl groups is 2. The van der Waals surface area contributed by atoms with Gasteiger partial charge in [0.15, 0.2) is 0 Å². The van der Waals surface area contributed by atoms with Crippen LogP contribution in [0.25, 0.3) is 0 Å². The Balaban J connectivity index is 2.20. The van der Waals surface area contributed by atoms with Crippen LogP contribution < -0.4 is 0 Å². The number of unbranched alkanes of at least 4 members (excludes halogenated alkanes) is 4. The molecule has 0 heterocycles. The Morgan fingerprint density at radius 3 is 1.28 bits per heavy atom. The first-order valence-electron chi connectivity index (χ1n) is 7.16. The second-order valence-electron chi connectivity index (χ2n) is 4.89. The Hall–Kier alpha value is -0.860. The van der Waals surface area contributed by atoms with Crippen molar-refractivity contribution in [3.63, 3.8) is 0 Å². The maximum absolute atomic E-state index is 8.70. The lowest BCUT2D eigenvalue weighted by Crippen LogP contribution is -1.91. The Morgan fingerprint density at radius 1 is 0.556 bits per heavy atom. The van der Waals surface area contributed by atoms with E-state index in [-0.39, 0.29) is 0 Å². The highest BCUT2D eigenvalue weighted by Crippen LogP contribution is 2.11. The van der Waals surface area contributed by atoms with E-state index in [1.165, 1.54) is 11.1 Å². The van der Waals surface area contributed by atoms with Crippen molar-refractivity contribution >= 4 is 0 Å². The lowest BCUT2D eigenvalue weighted by atomic mass is 10.0. The summed E-state index contributed by atoms with van der Waals surface area (Å²) in [6.07, 6.45) is 8.62. The first-order chi connectivity index (χ1) is 8.86. The average Bonchev–Trinajstić information content (AvgIpc) is 2.41. The van der Waals surface area contributed by atoms with Gasteiger partial charge in [0.25, 0.3) is 0 Å². The molecule has 0 bridgehead atoms. The number of aliphatic hydroxyl groups excluding tert-OH is 2. The maximum Gasteiger partial charge on any atom is 0.0431 e. The van der Waals surface area contributed by atoms with E-state index in [1.54, 1.807) is 0 Å². The van der Waals surface area contributed by atoms with Crippen LogP contribution in [0.2, 0.25) is 0 Å². The fourth-order valence-electron chi connectivity index (χ4n) is 2.11. The largest absolute Gasteiger partial charge is 0.396 e. The Labute approximate surface area is 111 Å². The zero-order valence-corrected chi connectivity index (χ0v) is 11.3. The predicted molar refractivity (Wildman–Crippen MR) is 75.7 cm³/mol. The van der Waals surface area contributed by atoms with Gasteiger partial charge in [-0.1, -0.05) is 37.1 Å². The van der Waals surface area contributed by atoms with Crippen molar-refractivity contribution in [3.8, 4) is 0 Å². The average molecular weight is 250 g/mol. The Kier molecular flexibility index (Phi) is 8.53. The molecule has 1 rings (SSSR count). The van der Waals surface area contributed by atoms with Gasteiger partial charge < -0.3 is 10.2 Å². The minimum Gasteiger partial charge on any atom is -0.396 e. The van der Waals surface area contributed by atoms with E-state index in [0.717, 1.165) is 51.4 Å². The zero-order chi connectivity index (χ0) is 13.1. The lowest BCUT2D eigenvalue weighted by molar-refractivity contribution is 0.283. The molecule has 0 saturated heterocycles. The minimum atomic E-state index is 0.312. The fraction of sp³-hybridized carbons (Fsp3) is 0.625. The summed E-state index contributed by atoms with van der Waals surface area (Å²) in [5.74, 6) is 0. The van der Waals surface area contributed by atoms with Crippen LogP contribution in [-0.4, -0.2) is 23.4 Å². The quantitative estimate of drug-likeness (QED) is 0.626. The Bertz CT molecular complexity index is 261. The van der Waals surface area contributed by atoms with Crippen LogP contribution in [0.5, 0.6) is 0 Å². The minimum absolute atomic E-state index is 0.312. The highest BCUT2D eigenvalue weighted by atomic mass is 16.3. The van der Waals surface area contributed by atoms with Crippen LogP contribution in [0, 0.1) is 0 Å². The number of hydrogen-bond acceptors (Lipinski definition) is 2. The molecule has 18 heavy (non-hydrogen) atoms. The number of rotatable bonds is 10. The summed E-state index contributed by atoms with van der Waals surface area (Å²) < 4.78 is 0. The molecular formula is C16H26O2. The normalized spacial score (nSPS) is 10.8. The van der Waals surface area contributed by atoms with Crippen LogP contribution in [0.3, 0.4) is 0 Å². The molecule has 0 saturated carbocycles. The van der Waals surface area contributed by atoms with E-state index in [4.69, 9.17) is 10.2 Å². The third-order valence-corrected chi connectivity index (χ3v) is 3.27. The molecule has 102 valence electrons. The second kappa shape index (κ2) is 10.1. The van der Waals surface area contributed by atoms with Gasteiger partial charge >= 0.3 is 0 Å². The molecule has 2 nitrogen and oxygen atoms in total. The molecule has 2 N–H and O–H groups in total. The highest BCUT2D eigenvalue weighted by Gasteiger charge is 1.96. The van der Waals surface area contributed by atoms with Crippen molar-refractivity contribution in [1.82, 2.24) is 0 Å². The summed E-state index contributed by atoms with van der Waals surface area (Å²) in [6, 6.07) is 8.89. The van der Waals surface area contributed by atoms with Crippen molar-refractivity contribution in [2.75, 3.05) is 13.2 Å². The van der Waals surface area contributed by atoms with Crippen molar-refractivity contribution in [3.05, 3.63) is 35.4 Å². The second-order valence-corrected chi connectivity index (χ2v) is 4.89. The smallest absolute Gasteiger partial charge is 0.0431 e. The number of hydrogen-bond donors (Lipinski definition) is 2. The van der Waals surface area contributed by atoms with E-state index in [1.807, 2.05) is 0 Å². The summed E-state index contributed by atoms with van der Waals surface area (Å²) >= 11 is 0. The van der Waals surface area contributed by atoms with Crippen LogP contribution >= 0.6 is 0 Å². The molecule has 0 aliphatic rings. The van der Waals surface area contributed by atoms with Crippen molar-refractivity contribution in [1.29, 1.82) is 0 Å². The molecular weight excluding hydrogens is 224 g/mol. The number of benzene rings is 1. The van der Waals surface area contributed by atoms with Crippen LogP contribution in [0.1, 0.15) is 49.7 Å². The van der Waals surface area contributed by atoms with Gasteiger partial charge in [-0.2, -0.15) is 0 Å². The van der Waals surface area contributed by atoms with Crippen LogP contribution in [-0.2, 0) is 12.8 Å². The zero-order valence-electron chi connectivity index (χ0n) is 11.3. The molecule has 2 heteroatoms. The molecule has 0 radical (unpaired) electrons. The van der Waals surface area contributed by atoms with E-state index in [2.05, 4.69) is 24.3 Å². The van der Waals surface area contributed by atoms with Crippen LogP contribution in [0.4, 0.5) is 0 Å². The van der Waals surface area contributed by atoms with Gasteiger partial charge in [-0.3, -0.25) is 0 Å². The number of aryl methyl sites for hydroxylation is 2. The van der Waals surface area contributed by atoms with Crippen LogP contribution in [0.15, 0.2) is 24.3 Å². The highest BCUT2D eigenvalue weighted by molar-refractivity contribution is 5.22. The molecule has 0 spiro atoms. The van der Waals surface area contributed by atoms with Gasteiger partial charge in [0.05, 0.1) is 0 Å². The first kappa shape index (κ1) is 15.2. The standard InChI is InChI=1S/C16H26O2/c17-13-5-1-3-7-15-9-11-16(12-10-15)8-4-2-6-14-18/h9-12,17-18H,1-8,13-14H2. The Morgan fingerprint density at radius 2 is 0.944 bits per heavy atom. The molecule has 0 atom stereocenters. The molecule has 0 aliphatic carbocycles. The molecule has 0 fully saturated rings. The topological polar surface area (TPSA) is 40.5 Å². The SMILES string of the molecule is OCCCCCc1ccc(CCCCCO)cc1. The molecule has 0 unspecified atom stereocenters. The molecule has 0 aromatic heterocycles. The summed E-state index contributed by atoms with van der Waals surface area (Å²) in [7, 11) is 0. The summed E-state index contributed by atoms with van der Waals surface area (Å²) in [4.78, 5) is 0. The monoisotopic (exact) mass is 250 g/mol. The van der Waals surface area contributed by atoms with Crippen molar-refractivity contribution < 1.29 is 10.2 Å². The summed E-state index contributed by atoms with van der Waals surface area (Å²) in [5.41, 5.74) is 2.79. The van der Waals surface area contributed by atoms with E-state index >= 15 is 0 Å². The van der Waals surface area contributed by atoms with Gasteiger partial charge in [0.2, 0.25) is 0 Å². The summed E-state index contributed by atoms with van der Waals surface area (Å²) in [6.45, 7) is 0.625. The van der Waals surface area contributed by atoms with E-state index in [9.17, 15) is 0 Å². The first-order valence-corrected chi connectivity index (χ1v) is 7.16. The van der Waals surface area contributed by atoms with E-state index < -0.39 is 0 Å². The third kappa shape index (κ3) is 6.77. The predicted octanol–water partition coefficient (Wildman–Crippen LogP) is 3.10. The molecule has 0 amide bonds. The molecule has 0 aliphatic heterocycles. The van der Waals surface area contributed by atoms with Gasteiger partial charge in [-0.05, 0) is 49.7 Å². The molecule has 1 aromatic rings. The summed E-state index contributed by atoms with van der Waals surface area (Å²) in [5, 5.41) is 17.4. The third-order valence-electron chi connectivity index (χ3n) is 3.27. The van der Waals surface area contributed by atoms with Gasteiger partial charge in [-0.25, -0.2) is 0 Å². The maximum atomic E-state index is 8.70. The lowest BCUT2D eigenvalue weighted by Gasteiger charge is -2.04. The van der Waals surface area contributed by atoms with Gasteiger partial charge in [0, 0.05) is 13.2 Å². The van der Waals surface area contributed by atoms with Crippen molar-refractivity contribution in [2.24, 2.45) is 0 Å². The van der Waals surface area contributed by atoms with Gasteiger partial charge in [0.1, 0.15) is 0 Å². The van der Waals surface area contributed by atoms with E-state index in [0.29, 0.717) is 13.2 Å². The fourth-order valence-corrected chi connectivity index (χ4v) is 2.11. The molecule has 1 aromatic carbocycles. The van der Waals surface area contributed by atoms with Gasteiger partial charge in [-0.15, -0.1) is 0 Å².